The maximum absolute atomic E-state index is 9.19. The van der Waals surface area contributed by atoms with Gasteiger partial charge in [0.15, 0.2) is 0 Å². The van der Waals surface area contributed by atoms with Crippen LogP contribution in [0.3, 0.4) is 0 Å². The van der Waals surface area contributed by atoms with Crippen LogP contribution in [-0.4, -0.2) is 38.4 Å². The largest absolute Gasteiger partial charge is 0.508 e. The summed E-state index contributed by atoms with van der Waals surface area (Å²) in [5, 5.41) is 10.8. The normalized spacial score (nSPS) is 10.2. The van der Waals surface area contributed by atoms with Crippen molar-refractivity contribution in [3.63, 3.8) is 0 Å². The fraction of sp³-hybridized carbons (Fsp3) is 0.333. The molecular formula is C9H16N2O4S. The lowest BCUT2D eigenvalue weighted by Crippen LogP contribution is -2.30. The summed E-state index contributed by atoms with van der Waals surface area (Å²) in [4.78, 5) is 0. The van der Waals surface area contributed by atoms with E-state index < -0.39 is 10.1 Å². The Morgan fingerprint density at radius 1 is 1.25 bits per heavy atom. The molecule has 0 spiro atoms. The average Bonchev–Trinajstić information content (AvgIpc) is 2.15. The highest BCUT2D eigenvalue weighted by Crippen LogP contribution is 2.15. The maximum atomic E-state index is 9.19. The molecule has 0 amide bonds. The summed E-state index contributed by atoms with van der Waals surface area (Å²) in [6.07, 6.45) is 0.715. The molecule has 1 rings (SSSR count). The molecule has 3 N–H and O–H groups in total. The number of nitrogens with one attached hydrogen (secondary N) is 1. The van der Waals surface area contributed by atoms with Crippen molar-refractivity contribution in [1.82, 2.24) is 5.43 Å². The number of aromatic hydroxyl groups is 1. The number of hydrogen-bond acceptors (Lipinski definition) is 5. The van der Waals surface area contributed by atoms with Gasteiger partial charge in [-0.15, -0.1) is 0 Å². The minimum absolute atomic E-state index is 0.290. The second-order valence-electron chi connectivity index (χ2n) is 3.03. The lowest BCUT2D eigenvalue weighted by Gasteiger charge is -2.16. The predicted molar refractivity (Wildman–Crippen MR) is 63.0 cm³/mol. The standard InChI is InChI=1S/C8H12N2O.CH4O3S/c1-9-10(2)7-3-5-8(11)6-4-7;1-5(2,3)4/h3-6,9,11H,1-2H3;1H3,(H,2,3,4). The molecule has 0 aliphatic rings. The molecule has 0 aliphatic carbocycles. The third-order valence-corrected chi connectivity index (χ3v) is 1.57. The van der Waals surface area contributed by atoms with Gasteiger partial charge in [-0.25, -0.2) is 5.43 Å². The van der Waals surface area contributed by atoms with E-state index in [0.717, 1.165) is 5.69 Å². The Morgan fingerprint density at radius 3 is 1.94 bits per heavy atom. The van der Waals surface area contributed by atoms with Crippen LogP contribution in [0.2, 0.25) is 0 Å². The third-order valence-electron chi connectivity index (χ3n) is 1.57. The molecule has 0 saturated carbocycles. The van der Waals surface area contributed by atoms with Crippen LogP contribution in [-0.2, 0) is 10.1 Å². The molecule has 0 bridgehead atoms. The van der Waals surface area contributed by atoms with Crippen LogP contribution in [0.5, 0.6) is 5.75 Å². The van der Waals surface area contributed by atoms with Crippen molar-refractivity contribution in [2.75, 3.05) is 25.4 Å². The summed E-state index contributed by atoms with van der Waals surface area (Å²) in [6, 6.07) is 6.99. The van der Waals surface area contributed by atoms with E-state index in [1.54, 1.807) is 12.1 Å². The molecule has 0 saturated heterocycles. The van der Waals surface area contributed by atoms with Gasteiger partial charge in [0.05, 0.1) is 11.9 Å². The number of hydrogen-bond donors (Lipinski definition) is 3. The summed E-state index contributed by atoms with van der Waals surface area (Å²) in [6.45, 7) is 0. The van der Waals surface area contributed by atoms with Gasteiger partial charge in [0.2, 0.25) is 0 Å². The first-order valence-corrected chi connectivity index (χ1v) is 6.21. The zero-order valence-corrected chi connectivity index (χ0v) is 10.2. The number of phenols is 1. The van der Waals surface area contributed by atoms with E-state index in [4.69, 9.17) is 9.66 Å². The Kier molecular flexibility index (Phi) is 5.79. The minimum atomic E-state index is -3.67. The van der Waals surface area contributed by atoms with E-state index in [0.29, 0.717) is 12.0 Å². The molecule has 0 atom stereocenters. The maximum Gasteiger partial charge on any atom is 0.261 e. The molecule has 0 aliphatic heterocycles. The van der Waals surface area contributed by atoms with Crippen LogP contribution >= 0.6 is 0 Å². The molecule has 1 aromatic rings. The molecule has 1 aromatic carbocycles. The summed E-state index contributed by atoms with van der Waals surface area (Å²) in [7, 11) is 0.0826. The van der Waals surface area contributed by atoms with Crippen LogP contribution in [0, 0.1) is 0 Å². The average molecular weight is 248 g/mol. The second-order valence-corrected chi connectivity index (χ2v) is 4.50. The number of rotatable bonds is 2. The first-order chi connectivity index (χ1) is 7.24. The van der Waals surface area contributed by atoms with Crippen LogP contribution in [0.4, 0.5) is 5.69 Å². The van der Waals surface area contributed by atoms with Crippen LogP contribution in [0.25, 0.3) is 0 Å². The van der Waals surface area contributed by atoms with Crippen molar-refractivity contribution in [3.8, 4) is 5.75 Å². The monoisotopic (exact) mass is 248 g/mol. The lowest BCUT2D eigenvalue weighted by atomic mass is 10.3. The number of hydrazine groups is 1. The molecular weight excluding hydrogens is 232 g/mol. The quantitative estimate of drug-likeness (QED) is 0.520. The van der Waals surface area contributed by atoms with Gasteiger partial charge in [0.1, 0.15) is 5.75 Å². The van der Waals surface area contributed by atoms with Gasteiger partial charge in [-0.05, 0) is 24.3 Å². The zero-order valence-electron chi connectivity index (χ0n) is 9.38. The third kappa shape index (κ3) is 8.04. The first-order valence-electron chi connectivity index (χ1n) is 4.36. The number of phenolic OH excluding ortho intramolecular Hbond substituents is 1. The van der Waals surface area contributed by atoms with Crippen LogP contribution in [0.1, 0.15) is 0 Å². The predicted octanol–water partition coefficient (Wildman–Crippen LogP) is 0.467. The van der Waals surface area contributed by atoms with Crippen molar-refractivity contribution < 1.29 is 18.1 Å². The Hall–Kier alpha value is -1.31. The highest BCUT2D eigenvalue weighted by atomic mass is 32.2. The van der Waals surface area contributed by atoms with Gasteiger partial charge in [-0.3, -0.25) is 4.55 Å². The van der Waals surface area contributed by atoms with E-state index >= 15 is 0 Å². The molecule has 16 heavy (non-hydrogen) atoms. The molecule has 0 fully saturated rings. The zero-order chi connectivity index (χ0) is 12.8. The Morgan fingerprint density at radius 2 is 1.62 bits per heavy atom. The molecule has 0 aromatic heterocycles. The van der Waals surface area contributed by atoms with Crippen molar-refractivity contribution in [3.05, 3.63) is 24.3 Å². The van der Waals surface area contributed by atoms with Crippen molar-refractivity contribution in [2.45, 2.75) is 0 Å². The van der Waals surface area contributed by atoms with E-state index in [1.165, 1.54) is 0 Å². The number of nitrogens with zero attached hydrogens (tertiary/aromatic N) is 1. The highest BCUT2D eigenvalue weighted by molar-refractivity contribution is 7.85. The summed E-state index contributed by atoms with van der Waals surface area (Å²) >= 11 is 0. The number of anilines is 1. The van der Waals surface area contributed by atoms with Gasteiger partial charge in [0.25, 0.3) is 10.1 Å². The van der Waals surface area contributed by atoms with E-state index in [1.807, 2.05) is 31.2 Å². The van der Waals surface area contributed by atoms with E-state index in [9.17, 15) is 8.42 Å². The molecule has 92 valence electrons. The highest BCUT2D eigenvalue weighted by Gasteiger charge is 1.95. The van der Waals surface area contributed by atoms with Crippen LogP contribution in [0.15, 0.2) is 24.3 Å². The topological polar surface area (TPSA) is 89.9 Å². The van der Waals surface area contributed by atoms with Gasteiger partial charge in [-0.2, -0.15) is 8.42 Å². The SMILES string of the molecule is CNN(C)c1ccc(O)cc1.CS(=O)(=O)O. The van der Waals surface area contributed by atoms with E-state index in [-0.39, 0.29) is 0 Å². The summed E-state index contributed by atoms with van der Waals surface area (Å²) < 4.78 is 25.9. The van der Waals surface area contributed by atoms with Gasteiger partial charge in [0, 0.05) is 14.1 Å². The van der Waals surface area contributed by atoms with Crippen molar-refractivity contribution in [2.24, 2.45) is 0 Å². The Labute approximate surface area is 95.2 Å². The molecule has 6 nitrogen and oxygen atoms in total. The lowest BCUT2D eigenvalue weighted by molar-refractivity contribution is 0.475. The first kappa shape index (κ1) is 14.7. The molecule has 0 heterocycles. The van der Waals surface area contributed by atoms with Gasteiger partial charge in [-0.1, -0.05) is 0 Å². The Balaban J connectivity index is 0.000000385. The second kappa shape index (κ2) is 6.31. The molecule has 7 heteroatoms. The van der Waals surface area contributed by atoms with Crippen LogP contribution < -0.4 is 10.4 Å². The van der Waals surface area contributed by atoms with Gasteiger partial charge >= 0.3 is 0 Å². The summed E-state index contributed by atoms with van der Waals surface area (Å²) in [5.74, 6) is 0.290. The fourth-order valence-electron chi connectivity index (χ4n) is 0.805. The van der Waals surface area contributed by atoms with Crippen molar-refractivity contribution in [1.29, 1.82) is 0 Å². The number of benzene rings is 1. The smallest absolute Gasteiger partial charge is 0.261 e. The Bertz CT molecular complexity index is 394. The summed E-state index contributed by atoms with van der Waals surface area (Å²) in [5.41, 5.74) is 3.97. The fourth-order valence-corrected chi connectivity index (χ4v) is 0.805. The molecule has 0 unspecified atom stereocenters. The van der Waals surface area contributed by atoms with Crippen molar-refractivity contribution >= 4 is 15.8 Å². The minimum Gasteiger partial charge on any atom is -0.508 e. The van der Waals surface area contributed by atoms with Gasteiger partial charge < -0.3 is 10.1 Å². The van der Waals surface area contributed by atoms with E-state index in [2.05, 4.69) is 5.43 Å². The molecule has 0 radical (unpaired) electrons.